The minimum atomic E-state index is -1.15. The van der Waals surface area contributed by atoms with Gasteiger partial charge in [0, 0.05) is 5.69 Å². The molecular weight excluding hydrogens is 238 g/mol. The van der Waals surface area contributed by atoms with Gasteiger partial charge in [0.15, 0.2) is 6.10 Å². The molecule has 1 unspecified atom stereocenters. The molecule has 98 valence electrons. The summed E-state index contributed by atoms with van der Waals surface area (Å²) >= 11 is 0. The van der Waals surface area contributed by atoms with E-state index in [2.05, 4.69) is 5.32 Å². The van der Waals surface area contributed by atoms with Crippen molar-refractivity contribution in [1.29, 1.82) is 0 Å². The fourth-order valence-corrected chi connectivity index (χ4v) is 2.01. The number of aliphatic hydroxyl groups excluding tert-OH is 1. The van der Waals surface area contributed by atoms with Crippen molar-refractivity contribution in [2.24, 2.45) is 0 Å². The molecule has 19 heavy (non-hydrogen) atoms. The largest absolute Gasteiger partial charge is 0.378 e. The molecule has 2 N–H and O–H groups in total. The Balaban J connectivity index is 2.15. The molecular formula is C16H17NO2. The van der Waals surface area contributed by atoms with Gasteiger partial charge in [0.1, 0.15) is 0 Å². The predicted octanol–water partition coefficient (Wildman–Crippen LogP) is 2.98. The zero-order valence-corrected chi connectivity index (χ0v) is 11.1. The Morgan fingerprint density at radius 2 is 1.79 bits per heavy atom. The first-order chi connectivity index (χ1) is 9.08. The number of benzene rings is 2. The van der Waals surface area contributed by atoms with Gasteiger partial charge in [-0.05, 0) is 37.1 Å². The Hall–Kier alpha value is -2.13. The summed E-state index contributed by atoms with van der Waals surface area (Å²) in [7, 11) is 0. The number of hydrogen-bond acceptors (Lipinski definition) is 2. The van der Waals surface area contributed by atoms with E-state index in [-0.39, 0.29) is 0 Å². The van der Waals surface area contributed by atoms with Crippen molar-refractivity contribution >= 4 is 11.6 Å². The van der Waals surface area contributed by atoms with Gasteiger partial charge in [-0.15, -0.1) is 0 Å². The van der Waals surface area contributed by atoms with E-state index < -0.39 is 12.0 Å². The molecule has 3 heteroatoms. The van der Waals surface area contributed by atoms with Crippen molar-refractivity contribution in [2.75, 3.05) is 5.32 Å². The molecule has 0 fully saturated rings. The molecule has 0 saturated heterocycles. The molecule has 3 nitrogen and oxygen atoms in total. The van der Waals surface area contributed by atoms with Crippen molar-refractivity contribution in [2.45, 2.75) is 20.0 Å². The predicted molar refractivity (Wildman–Crippen MR) is 75.9 cm³/mol. The second-order valence-corrected chi connectivity index (χ2v) is 4.62. The first kappa shape index (κ1) is 13.3. The van der Waals surface area contributed by atoms with Crippen LogP contribution in [0.1, 0.15) is 22.8 Å². The lowest BCUT2D eigenvalue weighted by Crippen LogP contribution is -2.21. The summed E-state index contributed by atoms with van der Waals surface area (Å²) in [5, 5.41) is 12.8. The number of aliphatic hydroxyl groups is 1. The van der Waals surface area contributed by atoms with Gasteiger partial charge < -0.3 is 10.4 Å². The number of carbonyl (C=O) groups excluding carboxylic acids is 1. The molecule has 0 aliphatic rings. The molecule has 1 amide bonds. The molecule has 0 aliphatic heterocycles. The van der Waals surface area contributed by atoms with E-state index in [1.165, 1.54) is 0 Å². The van der Waals surface area contributed by atoms with Crippen molar-refractivity contribution in [3.63, 3.8) is 0 Å². The van der Waals surface area contributed by atoms with Gasteiger partial charge in [-0.25, -0.2) is 0 Å². The summed E-state index contributed by atoms with van der Waals surface area (Å²) in [6, 6.07) is 14.7. The molecule has 0 spiro atoms. The zero-order chi connectivity index (χ0) is 13.8. The Bertz CT molecular complexity index is 579. The van der Waals surface area contributed by atoms with Crippen molar-refractivity contribution in [3.8, 4) is 0 Å². The molecule has 2 aromatic rings. The number of nitrogens with one attached hydrogen (secondary N) is 1. The monoisotopic (exact) mass is 255 g/mol. The van der Waals surface area contributed by atoms with Gasteiger partial charge in [0.05, 0.1) is 0 Å². The van der Waals surface area contributed by atoms with Crippen LogP contribution in [-0.2, 0) is 4.79 Å². The number of carbonyl (C=O) groups is 1. The third-order valence-corrected chi connectivity index (χ3v) is 3.01. The lowest BCUT2D eigenvalue weighted by Gasteiger charge is -2.14. The molecule has 1 atom stereocenters. The summed E-state index contributed by atoms with van der Waals surface area (Å²) in [4.78, 5) is 12.0. The smallest absolute Gasteiger partial charge is 0.257 e. The second kappa shape index (κ2) is 5.67. The Kier molecular flexibility index (Phi) is 3.97. The summed E-state index contributed by atoms with van der Waals surface area (Å²) in [5.74, 6) is -0.418. The third kappa shape index (κ3) is 3.20. The van der Waals surface area contributed by atoms with Crippen LogP contribution in [0.2, 0.25) is 0 Å². The maximum Gasteiger partial charge on any atom is 0.257 e. The van der Waals surface area contributed by atoms with Crippen LogP contribution in [-0.4, -0.2) is 11.0 Å². The maximum absolute atomic E-state index is 12.0. The normalized spacial score (nSPS) is 11.9. The van der Waals surface area contributed by atoms with E-state index in [4.69, 9.17) is 0 Å². The van der Waals surface area contributed by atoms with Gasteiger partial charge in [-0.1, -0.05) is 42.0 Å². The first-order valence-electron chi connectivity index (χ1n) is 6.19. The molecule has 2 aromatic carbocycles. The summed E-state index contributed by atoms with van der Waals surface area (Å²) in [5.41, 5.74) is 3.34. The van der Waals surface area contributed by atoms with Gasteiger partial charge in [0.2, 0.25) is 0 Å². The Morgan fingerprint density at radius 3 is 2.42 bits per heavy atom. The van der Waals surface area contributed by atoms with E-state index in [1.54, 1.807) is 18.2 Å². The standard InChI is InChI=1S/C16H17NO2/c1-11-8-9-14(12(2)10-11)15(18)16(19)17-13-6-4-3-5-7-13/h3-10,15,18H,1-2H3,(H,17,19). The van der Waals surface area contributed by atoms with E-state index >= 15 is 0 Å². The van der Waals surface area contributed by atoms with Crippen LogP contribution in [0, 0.1) is 13.8 Å². The number of anilines is 1. The van der Waals surface area contributed by atoms with E-state index in [1.807, 2.05) is 44.2 Å². The van der Waals surface area contributed by atoms with E-state index in [0.717, 1.165) is 11.1 Å². The third-order valence-electron chi connectivity index (χ3n) is 3.01. The van der Waals surface area contributed by atoms with Gasteiger partial charge >= 0.3 is 0 Å². The van der Waals surface area contributed by atoms with Crippen LogP contribution in [0.15, 0.2) is 48.5 Å². The van der Waals surface area contributed by atoms with Gasteiger partial charge in [0.25, 0.3) is 5.91 Å². The summed E-state index contributed by atoms with van der Waals surface area (Å²) < 4.78 is 0. The highest BCUT2D eigenvalue weighted by molar-refractivity contribution is 5.94. The SMILES string of the molecule is Cc1ccc(C(O)C(=O)Nc2ccccc2)c(C)c1. The van der Waals surface area contributed by atoms with Crippen LogP contribution >= 0.6 is 0 Å². The highest BCUT2D eigenvalue weighted by Crippen LogP contribution is 2.20. The Morgan fingerprint density at radius 1 is 1.11 bits per heavy atom. The minimum absolute atomic E-state index is 0.418. The lowest BCUT2D eigenvalue weighted by molar-refractivity contribution is -0.124. The fourth-order valence-electron chi connectivity index (χ4n) is 2.01. The van der Waals surface area contributed by atoms with Crippen molar-refractivity contribution in [3.05, 3.63) is 65.2 Å². The molecule has 0 radical (unpaired) electrons. The first-order valence-corrected chi connectivity index (χ1v) is 6.19. The number of aryl methyl sites for hydroxylation is 2. The van der Waals surface area contributed by atoms with Gasteiger partial charge in [-0.3, -0.25) is 4.79 Å². The number of amides is 1. The molecule has 0 aliphatic carbocycles. The molecule has 2 rings (SSSR count). The van der Waals surface area contributed by atoms with Crippen LogP contribution in [0.3, 0.4) is 0 Å². The van der Waals surface area contributed by atoms with Crippen LogP contribution < -0.4 is 5.32 Å². The molecule has 0 saturated carbocycles. The van der Waals surface area contributed by atoms with Crippen LogP contribution in [0.4, 0.5) is 5.69 Å². The lowest BCUT2D eigenvalue weighted by atomic mass is 10.0. The van der Waals surface area contributed by atoms with Crippen LogP contribution in [0.25, 0.3) is 0 Å². The minimum Gasteiger partial charge on any atom is -0.378 e. The maximum atomic E-state index is 12.0. The van der Waals surface area contributed by atoms with Gasteiger partial charge in [-0.2, -0.15) is 0 Å². The summed E-state index contributed by atoms with van der Waals surface area (Å²) in [6.07, 6.45) is -1.15. The quantitative estimate of drug-likeness (QED) is 0.885. The van der Waals surface area contributed by atoms with E-state index in [0.29, 0.717) is 11.3 Å². The Labute approximate surface area is 112 Å². The second-order valence-electron chi connectivity index (χ2n) is 4.62. The number of para-hydroxylation sites is 1. The highest BCUT2D eigenvalue weighted by Gasteiger charge is 2.19. The van der Waals surface area contributed by atoms with Crippen molar-refractivity contribution < 1.29 is 9.90 Å². The van der Waals surface area contributed by atoms with Crippen molar-refractivity contribution in [1.82, 2.24) is 0 Å². The van der Waals surface area contributed by atoms with E-state index in [9.17, 15) is 9.90 Å². The number of rotatable bonds is 3. The zero-order valence-electron chi connectivity index (χ0n) is 11.1. The fraction of sp³-hybridized carbons (Fsp3) is 0.188. The molecule has 0 bridgehead atoms. The topological polar surface area (TPSA) is 49.3 Å². The van der Waals surface area contributed by atoms with Crippen LogP contribution in [0.5, 0.6) is 0 Å². The average molecular weight is 255 g/mol. The summed E-state index contributed by atoms with van der Waals surface area (Å²) in [6.45, 7) is 3.87. The highest BCUT2D eigenvalue weighted by atomic mass is 16.3. The molecule has 0 heterocycles. The number of hydrogen-bond donors (Lipinski definition) is 2. The average Bonchev–Trinajstić information content (AvgIpc) is 2.39. The molecule has 0 aromatic heterocycles.